The molecule has 0 spiro atoms. The van der Waals surface area contributed by atoms with E-state index >= 15 is 0 Å². The lowest BCUT2D eigenvalue weighted by molar-refractivity contribution is 0.752. The van der Waals surface area contributed by atoms with Gasteiger partial charge in [0, 0.05) is 17.5 Å². The average molecular weight is 224 g/mol. The van der Waals surface area contributed by atoms with E-state index in [-0.39, 0.29) is 0 Å². The topological polar surface area (TPSA) is 63.8 Å². The monoisotopic (exact) mass is 224 g/mol. The van der Waals surface area contributed by atoms with Gasteiger partial charge in [-0.15, -0.1) is 0 Å². The number of rotatable bonds is 3. The molecule has 5 heteroatoms. The molecule has 0 radical (unpaired) electrons. The maximum absolute atomic E-state index is 5.52. The number of nitrogens with zero attached hydrogens (tertiary/aromatic N) is 2. The molecule has 2 rings (SSSR count). The average Bonchev–Trinajstić information content (AvgIpc) is 2.65. The number of anilines is 2. The predicted molar refractivity (Wildman–Crippen MR) is 65.0 cm³/mol. The van der Waals surface area contributed by atoms with Crippen LogP contribution in [-0.2, 0) is 0 Å². The second-order valence-corrected chi connectivity index (χ2v) is 4.95. The summed E-state index contributed by atoms with van der Waals surface area (Å²) in [5.74, 6) is 1.17. The summed E-state index contributed by atoms with van der Waals surface area (Å²) in [7, 11) is 0. The molecule has 4 nitrogen and oxygen atoms in total. The minimum absolute atomic E-state index is 0.333. The molecule has 0 saturated heterocycles. The summed E-state index contributed by atoms with van der Waals surface area (Å²) < 4.78 is 0. The van der Waals surface area contributed by atoms with Crippen molar-refractivity contribution >= 4 is 23.5 Å². The first-order valence-corrected chi connectivity index (χ1v) is 6.44. The highest BCUT2D eigenvalue weighted by Gasteiger charge is 2.23. The van der Waals surface area contributed by atoms with Crippen LogP contribution < -0.4 is 11.1 Å². The van der Waals surface area contributed by atoms with E-state index in [4.69, 9.17) is 5.73 Å². The minimum atomic E-state index is 0.333. The van der Waals surface area contributed by atoms with E-state index < -0.39 is 0 Å². The van der Waals surface area contributed by atoms with E-state index in [2.05, 4.69) is 21.5 Å². The van der Waals surface area contributed by atoms with Crippen LogP contribution in [0.4, 0.5) is 11.8 Å². The van der Waals surface area contributed by atoms with Crippen molar-refractivity contribution in [1.82, 2.24) is 9.97 Å². The Hall–Kier alpha value is -0.970. The maximum Gasteiger partial charge on any atom is 0.221 e. The number of hydrogen-bond acceptors (Lipinski definition) is 5. The van der Waals surface area contributed by atoms with Gasteiger partial charge in [-0.25, -0.2) is 4.98 Å². The van der Waals surface area contributed by atoms with E-state index in [0.717, 1.165) is 11.1 Å². The Morgan fingerprint density at radius 1 is 1.53 bits per heavy atom. The number of nitrogens with one attached hydrogen (secondary N) is 1. The molecule has 1 aliphatic rings. The molecular formula is C10H16N4S. The Balaban J connectivity index is 1.92. The van der Waals surface area contributed by atoms with Crippen molar-refractivity contribution < 1.29 is 0 Å². The maximum atomic E-state index is 5.52. The van der Waals surface area contributed by atoms with Gasteiger partial charge in [0.15, 0.2) is 0 Å². The summed E-state index contributed by atoms with van der Waals surface area (Å²) in [6, 6.07) is 2.40. The van der Waals surface area contributed by atoms with Crippen LogP contribution in [0.5, 0.6) is 0 Å². The van der Waals surface area contributed by atoms with E-state index in [0.29, 0.717) is 12.0 Å². The highest BCUT2D eigenvalue weighted by atomic mass is 32.2. The third-order valence-corrected chi connectivity index (χ3v) is 3.84. The van der Waals surface area contributed by atoms with Gasteiger partial charge in [-0.1, -0.05) is 0 Å². The third-order valence-electron chi connectivity index (χ3n) is 2.74. The Morgan fingerprint density at radius 3 is 3.07 bits per heavy atom. The van der Waals surface area contributed by atoms with Crippen LogP contribution in [0.1, 0.15) is 19.3 Å². The molecule has 3 N–H and O–H groups in total. The predicted octanol–water partition coefficient (Wildman–Crippen LogP) is 1.75. The second kappa shape index (κ2) is 4.70. The van der Waals surface area contributed by atoms with Crippen LogP contribution >= 0.6 is 11.8 Å². The van der Waals surface area contributed by atoms with Crippen molar-refractivity contribution in [3.8, 4) is 0 Å². The van der Waals surface area contributed by atoms with Crippen molar-refractivity contribution in [3.63, 3.8) is 0 Å². The molecule has 0 bridgehead atoms. The van der Waals surface area contributed by atoms with Crippen molar-refractivity contribution in [2.24, 2.45) is 0 Å². The van der Waals surface area contributed by atoms with Crippen molar-refractivity contribution in [2.45, 2.75) is 30.6 Å². The van der Waals surface area contributed by atoms with E-state index in [1.165, 1.54) is 19.3 Å². The third kappa shape index (κ3) is 2.75. The Bertz CT molecular complexity index is 331. The molecule has 0 aliphatic heterocycles. The lowest BCUT2D eigenvalue weighted by Gasteiger charge is -2.13. The summed E-state index contributed by atoms with van der Waals surface area (Å²) >= 11 is 1.95. The molecule has 1 aromatic heterocycles. The molecule has 1 heterocycles. The largest absolute Gasteiger partial charge is 0.368 e. The summed E-state index contributed by atoms with van der Waals surface area (Å²) in [4.78, 5) is 8.00. The first-order valence-electron chi connectivity index (χ1n) is 5.16. The lowest BCUT2D eigenvalue weighted by Crippen LogP contribution is -2.17. The van der Waals surface area contributed by atoms with Gasteiger partial charge in [0.25, 0.3) is 0 Å². The lowest BCUT2D eigenvalue weighted by atomic mass is 10.2. The highest BCUT2D eigenvalue weighted by Crippen LogP contribution is 2.29. The molecule has 2 atom stereocenters. The normalized spacial score (nSPS) is 25.4. The Morgan fingerprint density at radius 2 is 2.40 bits per heavy atom. The molecule has 2 unspecified atom stereocenters. The molecule has 15 heavy (non-hydrogen) atoms. The second-order valence-electron chi connectivity index (χ2n) is 3.81. The van der Waals surface area contributed by atoms with Crippen LogP contribution in [0.25, 0.3) is 0 Å². The summed E-state index contributed by atoms with van der Waals surface area (Å²) in [6.45, 7) is 0. The Labute approximate surface area is 94.1 Å². The fourth-order valence-corrected chi connectivity index (χ4v) is 2.75. The van der Waals surface area contributed by atoms with Gasteiger partial charge in [-0.3, -0.25) is 0 Å². The van der Waals surface area contributed by atoms with Gasteiger partial charge >= 0.3 is 0 Å². The van der Waals surface area contributed by atoms with Crippen molar-refractivity contribution in [1.29, 1.82) is 0 Å². The van der Waals surface area contributed by atoms with Gasteiger partial charge in [0.2, 0.25) is 5.95 Å². The fourth-order valence-electron chi connectivity index (χ4n) is 1.95. The van der Waals surface area contributed by atoms with Crippen LogP contribution in [-0.4, -0.2) is 27.5 Å². The zero-order valence-corrected chi connectivity index (χ0v) is 9.63. The fraction of sp³-hybridized carbons (Fsp3) is 0.600. The van der Waals surface area contributed by atoms with Gasteiger partial charge in [-0.05, 0) is 31.6 Å². The molecule has 0 amide bonds. The van der Waals surface area contributed by atoms with Gasteiger partial charge < -0.3 is 11.1 Å². The molecule has 82 valence electrons. The SMILES string of the molecule is CSC1CCC(Nc2ccnc(N)n2)C1. The number of nitrogen functional groups attached to an aromatic ring is 1. The van der Waals surface area contributed by atoms with E-state index in [1.54, 1.807) is 6.20 Å². The quantitative estimate of drug-likeness (QED) is 0.819. The molecule has 1 saturated carbocycles. The van der Waals surface area contributed by atoms with Crippen LogP contribution in [0.15, 0.2) is 12.3 Å². The standard InChI is InChI=1S/C10H16N4S/c1-15-8-3-2-7(6-8)13-9-4-5-12-10(11)14-9/h4-5,7-8H,2-3,6H2,1H3,(H3,11,12,13,14). The van der Waals surface area contributed by atoms with Gasteiger partial charge in [0.1, 0.15) is 5.82 Å². The van der Waals surface area contributed by atoms with E-state index in [9.17, 15) is 0 Å². The van der Waals surface area contributed by atoms with Crippen LogP contribution in [0.3, 0.4) is 0 Å². The summed E-state index contributed by atoms with van der Waals surface area (Å²) in [5.41, 5.74) is 5.52. The summed E-state index contributed by atoms with van der Waals surface area (Å²) in [5, 5.41) is 4.19. The molecule has 1 aromatic rings. The van der Waals surface area contributed by atoms with Gasteiger partial charge in [-0.2, -0.15) is 16.7 Å². The van der Waals surface area contributed by atoms with Crippen molar-refractivity contribution in [3.05, 3.63) is 12.3 Å². The number of hydrogen-bond donors (Lipinski definition) is 2. The first kappa shape index (κ1) is 10.5. The zero-order chi connectivity index (χ0) is 10.7. The number of aromatic nitrogens is 2. The van der Waals surface area contributed by atoms with E-state index in [1.807, 2.05) is 17.8 Å². The molecular weight excluding hydrogens is 208 g/mol. The molecule has 1 fully saturated rings. The van der Waals surface area contributed by atoms with Crippen molar-refractivity contribution in [2.75, 3.05) is 17.3 Å². The zero-order valence-electron chi connectivity index (χ0n) is 8.81. The molecule has 0 aromatic carbocycles. The first-order chi connectivity index (χ1) is 7.28. The highest BCUT2D eigenvalue weighted by molar-refractivity contribution is 7.99. The number of nitrogens with two attached hydrogens (primary N) is 1. The summed E-state index contributed by atoms with van der Waals surface area (Å²) in [6.07, 6.45) is 7.58. The number of thioether (sulfide) groups is 1. The smallest absolute Gasteiger partial charge is 0.221 e. The minimum Gasteiger partial charge on any atom is -0.368 e. The Kier molecular flexibility index (Phi) is 3.30. The molecule has 1 aliphatic carbocycles. The van der Waals surface area contributed by atoms with Crippen LogP contribution in [0.2, 0.25) is 0 Å². The van der Waals surface area contributed by atoms with Gasteiger partial charge in [0.05, 0.1) is 0 Å². The van der Waals surface area contributed by atoms with Crippen LogP contribution in [0, 0.1) is 0 Å².